The normalized spacial score (nSPS) is 10.3. The summed E-state index contributed by atoms with van der Waals surface area (Å²) in [7, 11) is 0. The molecular formula is C10H6I3N3O. The maximum absolute atomic E-state index is 12.1. The van der Waals surface area contributed by atoms with Gasteiger partial charge in [0, 0.05) is 23.1 Å². The molecule has 0 radical (unpaired) electrons. The molecule has 4 nitrogen and oxygen atoms in total. The van der Waals surface area contributed by atoms with Gasteiger partial charge in [0.15, 0.2) is 0 Å². The van der Waals surface area contributed by atoms with Crippen molar-refractivity contribution in [1.29, 1.82) is 0 Å². The minimum atomic E-state index is -0.152. The van der Waals surface area contributed by atoms with Crippen molar-refractivity contribution in [2.45, 2.75) is 0 Å². The van der Waals surface area contributed by atoms with Crippen LogP contribution in [0.2, 0.25) is 0 Å². The summed E-state index contributed by atoms with van der Waals surface area (Å²) < 4.78 is 3.06. The number of nitrogens with one attached hydrogen (secondary N) is 2. The van der Waals surface area contributed by atoms with Gasteiger partial charge in [-0.25, -0.2) is 4.98 Å². The number of nitrogens with zero attached hydrogens (tertiary/aromatic N) is 1. The maximum atomic E-state index is 12.1. The lowest BCUT2D eigenvalue weighted by Crippen LogP contribution is -2.15. The molecule has 1 heterocycles. The molecule has 17 heavy (non-hydrogen) atoms. The molecule has 0 unspecified atom stereocenters. The number of halogens is 3. The van der Waals surface area contributed by atoms with E-state index in [9.17, 15) is 4.79 Å². The third-order valence-corrected chi connectivity index (χ3v) is 5.64. The first-order chi connectivity index (χ1) is 8.08. The predicted octanol–water partition coefficient (Wildman–Crippen LogP) is 3.48. The Bertz CT molecular complexity index is 554. The highest BCUT2D eigenvalue weighted by Gasteiger charge is 2.14. The Morgan fingerprint density at radius 2 is 2.06 bits per heavy atom. The van der Waals surface area contributed by atoms with Crippen LogP contribution in [0.4, 0.5) is 5.95 Å². The van der Waals surface area contributed by atoms with E-state index in [0.29, 0.717) is 11.5 Å². The molecule has 0 bridgehead atoms. The van der Waals surface area contributed by atoms with E-state index in [1.54, 1.807) is 12.4 Å². The lowest BCUT2D eigenvalue weighted by molar-refractivity contribution is 0.102. The molecule has 1 amide bonds. The van der Waals surface area contributed by atoms with Crippen molar-refractivity contribution in [1.82, 2.24) is 9.97 Å². The Hall–Kier alpha value is 0.0900. The number of anilines is 1. The van der Waals surface area contributed by atoms with Crippen molar-refractivity contribution in [3.8, 4) is 0 Å². The summed E-state index contributed by atoms with van der Waals surface area (Å²) in [6.45, 7) is 0. The molecular weight excluding hydrogens is 559 g/mol. The molecule has 0 fully saturated rings. The van der Waals surface area contributed by atoms with E-state index in [1.165, 1.54) is 0 Å². The average Bonchev–Trinajstić information content (AvgIpc) is 2.76. The number of amides is 1. The summed E-state index contributed by atoms with van der Waals surface area (Å²) in [4.78, 5) is 18.9. The Morgan fingerprint density at radius 3 is 2.71 bits per heavy atom. The van der Waals surface area contributed by atoms with Gasteiger partial charge >= 0.3 is 0 Å². The van der Waals surface area contributed by atoms with Crippen LogP contribution in [0.5, 0.6) is 0 Å². The second-order valence-electron chi connectivity index (χ2n) is 3.14. The van der Waals surface area contributed by atoms with Crippen LogP contribution in [-0.2, 0) is 0 Å². The van der Waals surface area contributed by atoms with E-state index < -0.39 is 0 Å². The number of carbonyl (C=O) groups is 1. The van der Waals surface area contributed by atoms with Gasteiger partial charge in [-0.15, -0.1) is 0 Å². The number of aromatic amines is 1. The van der Waals surface area contributed by atoms with Crippen molar-refractivity contribution >= 4 is 79.6 Å². The van der Waals surface area contributed by atoms with Crippen molar-refractivity contribution in [2.24, 2.45) is 0 Å². The number of hydrogen-bond donors (Lipinski definition) is 2. The fourth-order valence-corrected chi connectivity index (χ4v) is 3.63. The molecule has 0 aliphatic rings. The highest BCUT2D eigenvalue weighted by Crippen LogP contribution is 2.23. The Morgan fingerprint density at radius 1 is 1.29 bits per heavy atom. The number of H-pyrrole nitrogens is 1. The molecule has 1 aromatic carbocycles. The van der Waals surface area contributed by atoms with E-state index in [1.807, 2.05) is 12.1 Å². The summed E-state index contributed by atoms with van der Waals surface area (Å²) in [5, 5.41) is 2.72. The van der Waals surface area contributed by atoms with Crippen LogP contribution >= 0.6 is 67.8 Å². The molecule has 7 heteroatoms. The zero-order valence-electron chi connectivity index (χ0n) is 8.30. The number of aromatic nitrogens is 2. The van der Waals surface area contributed by atoms with Gasteiger partial charge in [0.25, 0.3) is 5.91 Å². The van der Waals surface area contributed by atoms with Crippen molar-refractivity contribution in [3.05, 3.63) is 40.8 Å². The number of rotatable bonds is 2. The Balaban J connectivity index is 2.31. The number of carbonyl (C=O) groups excluding carboxylic acids is 1. The number of benzene rings is 1. The molecule has 2 N–H and O–H groups in total. The maximum Gasteiger partial charge on any atom is 0.259 e. The minimum absolute atomic E-state index is 0.152. The summed E-state index contributed by atoms with van der Waals surface area (Å²) in [5.41, 5.74) is 0.665. The van der Waals surface area contributed by atoms with Gasteiger partial charge < -0.3 is 4.98 Å². The highest BCUT2D eigenvalue weighted by molar-refractivity contribution is 14.1. The van der Waals surface area contributed by atoms with E-state index in [4.69, 9.17) is 0 Å². The third kappa shape index (κ3) is 3.30. The third-order valence-electron chi connectivity index (χ3n) is 1.97. The second kappa shape index (κ2) is 5.82. The van der Waals surface area contributed by atoms with Gasteiger partial charge in [0.05, 0.1) is 5.56 Å². The lowest BCUT2D eigenvalue weighted by Gasteiger charge is -2.07. The quantitative estimate of drug-likeness (QED) is 0.434. The van der Waals surface area contributed by atoms with Gasteiger partial charge in [-0.3, -0.25) is 10.1 Å². The zero-order chi connectivity index (χ0) is 12.4. The predicted molar refractivity (Wildman–Crippen MR) is 91.1 cm³/mol. The van der Waals surface area contributed by atoms with Gasteiger partial charge in [-0.2, -0.15) is 0 Å². The smallest absolute Gasteiger partial charge is 0.259 e. The van der Waals surface area contributed by atoms with Crippen LogP contribution < -0.4 is 5.32 Å². The summed E-state index contributed by atoms with van der Waals surface area (Å²) in [5.74, 6) is 0.306. The van der Waals surface area contributed by atoms with Crippen LogP contribution in [0.3, 0.4) is 0 Å². The standard InChI is InChI=1S/C10H6I3N3O/c11-5-3-6(8(13)7(12)4-5)9(17)16-10-14-1-2-15-10/h1-4H,(H2,14,15,16,17). The van der Waals surface area contributed by atoms with Crippen molar-refractivity contribution in [2.75, 3.05) is 5.32 Å². The van der Waals surface area contributed by atoms with E-state index in [-0.39, 0.29) is 5.91 Å². The van der Waals surface area contributed by atoms with Crippen molar-refractivity contribution < 1.29 is 4.79 Å². The van der Waals surface area contributed by atoms with Gasteiger partial charge in [-0.1, -0.05) is 0 Å². The first-order valence-corrected chi connectivity index (χ1v) is 7.77. The van der Waals surface area contributed by atoms with Crippen LogP contribution in [0.1, 0.15) is 10.4 Å². The first-order valence-electron chi connectivity index (χ1n) is 4.53. The lowest BCUT2D eigenvalue weighted by atomic mass is 10.2. The second-order valence-corrected chi connectivity index (χ2v) is 6.63. The first kappa shape index (κ1) is 13.5. The van der Waals surface area contributed by atoms with Crippen LogP contribution in [0, 0.1) is 10.7 Å². The number of hydrogen-bond acceptors (Lipinski definition) is 2. The van der Waals surface area contributed by atoms with Crippen LogP contribution in [-0.4, -0.2) is 15.9 Å². The summed E-state index contributed by atoms with van der Waals surface area (Å²) >= 11 is 6.60. The summed E-state index contributed by atoms with van der Waals surface area (Å²) in [6, 6.07) is 3.90. The molecule has 0 atom stereocenters. The Kier molecular flexibility index (Phi) is 4.63. The fraction of sp³-hybridized carbons (Fsp3) is 0. The van der Waals surface area contributed by atoms with E-state index >= 15 is 0 Å². The van der Waals surface area contributed by atoms with E-state index in [2.05, 4.69) is 83.1 Å². The highest BCUT2D eigenvalue weighted by atomic mass is 127. The topological polar surface area (TPSA) is 57.8 Å². The van der Waals surface area contributed by atoms with Gasteiger partial charge in [0.2, 0.25) is 5.95 Å². The molecule has 88 valence electrons. The largest absolute Gasteiger partial charge is 0.331 e. The molecule has 0 saturated carbocycles. The van der Waals surface area contributed by atoms with Gasteiger partial charge in [-0.05, 0) is 79.9 Å². The molecule has 0 spiro atoms. The summed E-state index contributed by atoms with van der Waals surface area (Å²) in [6.07, 6.45) is 3.26. The minimum Gasteiger partial charge on any atom is -0.331 e. The molecule has 1 aromatic heterocycles. The van der Waals surface area contributed by atoms with Crippen LogP contribution in [0.15, 0.2) is 24.5 Å². The molecule has 0 aliphatic carbocycles. The zero-order valence-corrected chi connectivity index (χ0v) is 14.8. The monoisotopic (exact) mass is 565 g/mol. The average molecular weight is 565 g/mol. The Labute approximate surface area is 139 Å². The SMILES string of the molecule is O=C(Nc1ncc[nH]1)c1cc(I)cc(I)c1I. The molecule has 2 rings (SSSR count). The van der Waals surface area contributed by atoms with E-state index in [0.717, 1.165) is 10.7 Å². The van der Waals surface area contributed by atoms with Crippen molar-refractivity contribution in [3.63, 3.8) is 0 Å². The molecule has 0 aliphatic heterocycles. The fourth-order valence-electron chi connectivity index (χ4n) is 1.23. The molecule has 2 aromatic rings. The van der Waals surface area contributed by atoms with Gasteiger partial charge in [0.1, 0.15) is 0 Å². The number of imidazole rings is 1. The van der Waals surface area contributed by atoms with Crippen LogP contribution in [0.25, 0.3) is 0 Å². The molecule has 0 saturated heterocycles.